The Hall–Kier alpha value is -2.03. The summed E-state index contributed by atoms with van der Waals surface area (Å²) >= 11 is 0. The monoisotopic (exact) mass is 197 g/mol. The van der Waals surface area contributed by atoms with Gasteiger partial charge in [-0.2, -0.15) is 5.10 Å². The quantitative estimate of drug-likeness (QED) is 0.587. The maximum Gasteiger partial charge on any atom is 0.0666 e. The zero-order chi connectivity index (χ0) is 10.3. The van der Waals surface area contributed by atoms with Crippen LogP contribution in [0.4, 0.5) is 0 Å². The molecule has 15 heavy (non-hydrogen) atoms. The van der Waals surface area contributed by atoms with Gasteiger partial charge >= 0.3 is 0 Å². The predicted molar refractivity (Wildman–Crippen MR) is 60.0 cm³/mol. The van der Waals surface area contributed by atoms with Crippen LogP contribution in [0.3, 0.4) is 0 Å². The van der Waals surface area contributed by atoms with Crippen LogP contribution in [0.2, 0.25) is 0 Å². The zero-order valence-electron chi connectivity index (χ0n) is 8.46. The topological polar surface area (TPSA) is 22.8 Å². The van der Waals surface area contributed by atoms with E-state index in [0.29, 0.717) is 0 Å². The highest BCUT2D eigenvalue weighted by Gasteiger charge is 2.00. The van der Waals surface area contributed by atoms with E-state index in [-0.39, 0.29) is 0 Å². The number of hydrogen-bond acceptors (Lipinski definition) is 1. The molecule has 3 aromatic rings. The Labute approximate surface area is 87.6 Å². The molecule has 2 aromatic heterocycles. The van der Waals surface area contributed by atoms with Crippen LogP contribution in [0.1, 0.15) is 0 Å². The minimum Gasteiger partial charge on any atom is -0.350 e. The number of rotatable bonds is 1. The molecule has 0 bridgehead atoms. The summed E-state index contributed by atoms with van der Waals surface area (Å²) in [5.41, 5.74) is 2.32. The third-order valence-electron chi connectivity index (χ3n) is 2.64. The van der Waals surface area contributed by atoms with Gasteiger partial charge in [0.1, 0.15) is 0 Å². The second-order valence-corrected chi connectivity index (χ2v) is 3.62. The summed E-state index contributed by atoms with van der Waals surface area (Å²) in [5, 5.41) is 5.47. The van der Waals surface area contributed by atoms with Crippen LogP contribution in [-0.2, 0) is 7.05 Å². The second kappa shape index (κ2) is 2.98. The largest absolute Gasteiger partial charge is 0.350 e. The lowest BCUT2D eigenvalue weighted by atomic mass is 10.2. The molecule has 0 aliphatic carbocycles. The average molecular weight is 197 g/mol. The van der Waals surface area contributed by atoms with Gasteiger partial charge in [-0.3, -0.25) is 0 Å². The van der Waals surface area contributed by atoms with Gasteiger partial charge in [-0.15, -0.1) is 0 Å². The summed E-state index contributed by atoms with van der Waals surface area (Å²) in [6.07, 6.45) is 5.80. The van der Waals surface area contributed by atoms with E-state index < -0.39 is 0 Å². The molecule has 0 saturated heterocycles. The van der Waals surface area contributed by atoms with Gasteiger partial charge in [0.05, 0.1) is 5.69 Å². The number of aryl methyl sites for hydroxylation is 1. The molecule has 0 N–H and O–H groups in total. The van der Waals surface area contributed by atoms with E-state index in [0.717, 1.165) is 5.69 Å². The smallest absolute Gasteiger partial charge is 0.0666 e. The molecule has 3 rings (SSSR count). The summed E-state index contributed by atoms with van der Waals surface area (Å²) in [7, 11) is 2.05. The predicted octanol–water partition coefficient (Wildman–Crippen LogP) is 2.36. The first-order valence-electron chi connectivity index (χ1n) is 4.90. The number of aromatic nitrogens is 3. The zero-order valence-corrected chi connectivity index (χ0v) is 8.46. The van der Waals surface area contributed by atoms with Crippen molar-refractivity contribution in [1.29, 1.82) is 0 Å². The van der Waals surface area contributed by atoms with Gasteiger partial charge in [0.25, 0.3) is 0 Å². The Bertz CT molecular complexity index is 590. The van der Waals surface area contributed by atoms with Gasteiger partial charge in [0.2, 0.25) is 0 Å². The molecule has 1 aromatic carbocycles. The Morgan fingerprint density at radius 3 is 2.87 bits per heavy atom. The molecule has 3 nitrogen and oxygen atoms in total. The Morgan fingerprint density at radius 2 is 2.07 bits per heavy atom. The number of nitrogens with zero attached hydrogens (tertiary/aromatic N) is 3. The van der Waals surface area contributed by atoms with Crippen molar-refractivity contribution in [2.24, 2.45) is 7.05 Å². The molecule has 0 unspecified atom stereocenters. The van der Waals surface area contributed by atoms with E-state index in [1.54, 1.807) is 6.20 Å². The normalized spacial score (nSPS) is 11.0. The lowest BCUT2D eigenvalue weighted by Crippen LogP contribution is -1.94. The third kappa shape index (κ3) is 1.24. The van der Waals surface area contributed by atoms with E-state index in [2.05, 4.69) is 47.2 Å². The standard InChI is InChI=1S/C12H11N3/c1-14-8-5-10-3-4-11(9-12(10)14)15-7-2-6-13-15/h2-9H,1H3. The fourth-order valence-corrected chi connectivity index (χ4v) is 1.81. The van der Waals surface area contributed by atoms with Gasteiger partial charge in [-0.1, -0.05) is 6.07 Å². The SMILES string of the molecule is Cn1ccc2ccc(-n3cccn3)cc21. The molecule has 0 fully saturated rings. The van der Waals surface area contributed by atoms with Crippen molar-refractivity contribution in [2.75, 3.05) is 0 Å². The highest BCUT2D eigenvalue weighted by Crippen LogP contribution is 2.18. The van der Waals surface area contributed by atoms with E-state index in [9.17, 15) is 0 Å². The Balaban J connectivity index is 2.25. The highest BCUT2D eigenvalue weighted by atomic mass is 15.3. The summed E-state index contributed by atoms with van der Waals surface area (Å²) < 4.78 is 3.98. The molecule has 0 aliphatic heterocycles. The van der Waals surface area contributed by atoms with Gasteiger partial charge in [0.15, 0.2) is 0 Å². The summed E-state index contributed by atoms with van der Waals surface area (Å²) in [5.74, 6) is 0. The minimum absolute atomic E-state index is 1.09. The minimum atomic E-state index is 1.09. The first-order chi connectivity index (χ1) is 7.34. The molecular formula is C12H11N3. The second-order valence-electron chi connectivity index (χ2n) is 3.62. The van der Waals surface area contributed by atoms with Crippen LogP contribution in [0.15, 0.2) is 48.9 Å². The maximum atomic E-state index is 4.21. The first kappa shape index (κ1) is 8.29. The average Bonchev–Trinajstić information content (AvgIpc) is 2.88. The molecule has 0 radical (unpaired) electrons. The fourth-order valence-electron chi connectivity index (χ4n) is 1.81. The first-order valence-corrected chi connectivity index (χ1v) is 4.90. The van der Waals surface area contributed by atoms with E-state index >= 15 is 0 Å². The van der Waals surface area contributed by atoms with E-state index in [1.165, 1.54) is 10.9 Å². The van der Waals surface area contributed by atoms with Gasteiger partial charge in [-0.05, 0) is 29.7 Å². The lowest BCUT2D eigenvalue weighted by molar-refractivity contribution is 0.879. The van der Waals surface area contributed by atoms with Gasteiger partial charge in [-0.25, -0.2) is 4.68 Å². The van der Waals surface area contributed by atoms with Crippen LogP contribution < -0.4 is 0 Å². The van der Waals surface area contributed by atoms with Gasteiger partial charge in [0, 0.05) is 31.2 Å². The highest BCUT2D eigenvalue weighted by molar-refractivity contribution is 5.82. The van der Waals surface area contributed by atoms with E-state index in [4.69, 9.17) is 0 Å². The van der Waals surface area contributed by atoms with Crippen molar-refractivity contribution >= 4 is 10.9 Å². The summed E-state index contributed by atoms with van der Waals surface area (Å²) in [6, 6.07) is 10.4. The molecular weight excluding hydrogens is 186 g/mol. The number of hydrogen-bond donors (Lipinski definition) is 0. The molecule has 0 atom stereocenters. The van der Waals surface area contributed by atoms with Crippen molar-refractivity contribution in [3.63, 3.8) is 0 Å². The maximum absolute atomic E-state index is 4.21. The van der Waals surface area contributed by atoms with Crippen LogP contribution >= 0.6 is 0 Å². The fraction of sp³-hybridized carbons (Fsp3) is 0.0833. The molecule has 0 spiro atoms. The van der Waals surface area contributed by atoms with Crippen molar-refractivity contribution in [1.82, 2.24) is 14.3 Å². The van der Waals surface area contributed by atoms with Gasteiger partial charge < -0.3 is 4.57 Å². The van der Waals surface area contributed by atoms with Crippen molar-refractivity contribution in [3.05, 3.63) is 48.9 Å². The Morgan fingerprint density at radius 1 is 1.13 bits per heavy atom. The van der Waals surface area contributed by atoms with Crippen molar-refractivity contribution < 1.29 is 0 Å². The molecule has 0 saturated carbocycles. The number of benzene rings is 1. The van der Waals surface area contributed by atoms with Crippen molar-refractivity contribution in [2.45, 2.75) is 0 Å². The van der Waals surface area contributed by atoms with Crippen LogP contribution in [0.25, 0.3) is 16.6 Å². The molecule has 2 heterocycles. The molecule has 0 amide bonds. The van der Waals surface area contributed by atoms with E-state index in [1.807, 2.05) is 16.9 Å². The van der Waals surface area contributed by atoms with Crippen LogP contribution in [0.5, 0.6) is 0 Å². The van der Waals surface area contributed by atoms with Crippen LogP contribution in [0, 0.1) is 0 Å². The lowest BCUT2D eigenvalue weighted by Gasteiger charge is -2.02. The molecule has 3 heteroatoms. The number of fused-ring (bicyclic) bond motifs is 1. The van der Waals surface area contributed by atoms with Crippen LogP contribution in [-0.4, -0.2) is 14.3 Å². The summed E-state index contributed by atoms with van der Waals surface area (Å²) in [4.78, 5) is 0. The Kier molecular flexibility index (Phi) is 1.65. The molecule has 74 valence electrons. The molecule has 0 aliphatic rings. The van der Waals surface area contributed by atoms with Crippen molar-refractivity contribution in [3.8, 4) is 5.69 Å². The summed E-state index contributed by atoms with van der Waals surface area (Å²) in [6.45, 7) is 0. The third-order valence-corrected chi connectivity index (χ3v) is 2.64.